The fraction of sp³-hybridized carbons (Fsp3) is 0.447. The molecule has 7 rings (SSSR count). The Bertz CT molecular complexity index is 2200. The van der Waals surface area contributed by atoms with Crippen molar-refractivity contribution in [2.45, 2.75) is 87.8 Å². The molecule has 0 radical (unpaired) electrons. The van der Waals surface area contributed by atoms with Gasteiger partial charge in [-0.3, -0.25) is 19.1 Å². The fourth-order valence-electron chi connectivity index (χ4n) is 6.88. The zero-order chi connectivity index (χ0) is 38.2. The number of carbonyl (C=O) groups is 3. The van der Waals surface area contributed by atoms with Crippen LogP contribution in [0.15, 0.2) is 65.1 Å². The van der Waals surface area contributed by atoms with Crippen molar-refractivity contribution >= 4 is 49.8 Å². The van der Waals surface area contributed by atoms with Crippen molar-refractivity contribution < 1.29 is 45.1 Å². The number of alkyl halides is 3. The molecule has 3 amide bonds. The summed E-state index contributed by atoms with van der Waals surface area (Å²) in [5.74, 6) is -1.39. The quantitative estimate of drug-likeness (QED) is 0.108. The van der Waals surface area contributed by atoms with Crippen LogP contribution in [0.1, 0.15) is 69.8 Å². The first-order valence-electron chi connectivity index (χ1n) is 18.1. The molecule has 12 nitrogen and oxygen atoms in total. The highest BCUT2D eigenvalue weighted by atomic mass is 32.2. The normalized spacial score (nSPS) is 21.6. The topological polar surface area (TPSA) is 175 Å². The molecule has 1 aliphatic heterocycles. The number of para-hydroxylation sites is 1. The standard InChI is InChI=1S/C38H40F3N5O7S/c39-38(40,41)24-15-13-22(14-16-24)35-43-32-27-10-7-8-11-30(27)53-33(32)37(44-35)52-25-20-29(34(42)48)46(21-25)31(47)12-6-4-2-1-3-5-9-23-19-28(23)36(49)45-54(50,51)26-17-18-26/h5,7-11,13-16,23,25-26,28-29H,1-4,6,12,17-21H2,(H2,42,48)(H,45,49)/b9-5-/t23?,25-,28+,29+/m1/s1. The Morgan fingerprint density at radius 1 is 1.00 bits per heavy atom. The molecule has 0 bridgehead atoms. The number of fused-ring (bicyclic) bond motifs is 3. The summed E-state index contributed by atoms with van der Waals surface area (Å²) in [7, 11) is -3.53. The van der Waals surface area contributed by atoms with Gasteiger partial charge in [-0.25, -0.2) is 13.4 Å². The summed E-state index contributed by atoms with van der Waals surface area (Å²) in [5.41, 5.74) is 6.36. The summed E-state index contributed by atoms with van der Waals surface area (Å²) >= 11 is 0. The lowest BCUT2D eigenvalue weighted by atomic mass is 10.1. The molecule has 3 aliphatic rings. The molecule has 1 saturated heterocycles. The highest BCUT2D eigenvalue weighted by molar-refractivity contribution is 7.90. The van der Waals surface area contributed by atoms with E-state index >= 15 is 0 Å². The Balaban J connectivity index is 0.926. The van der Waals surface area contributed by atoms with E-state index in [0.717, 1.165) is 37.8 Å². The summed E-state index contributed by atoms with van der Waals surface area (Å²) in [6.07, 6.45) is 4.96. The van der Waals surface area contributed by atoms with E-state index in [9.17, 15) is 36.0 Å². The number of sulfonamides is 1. The summed E-state index contributed by atoms with van der Waals surface area (Å²) in [4.78, 5) is 48.6. The molecular weight excluding hydrogens is 728 g/mol. The number of rotatable bonds is 15. The number of hydrogen-bond donors (Lipinski definition) is 2. The summed E-state index contributed by atoms with van der Waals surface area (Å²) in [6.45, 7) is 0.0747. The van der Waals surface area contributed by atoms with Gasteiger partial charge in [-0.05, 0) is 68.7 Å². The Hall–Kier alpha value is -4.99. The lowest BCUT2D eigenvalue weighted by Crippen LogP contribution is -2.43. The van der Waals surface area contributed by atoms with E-state index in [1.54, 1.807) is 24.3 Å². The van der Waals surface area contributed by atoms with Crippen molar-refractivity contribution in [3.05, 3.63) is 66.2 Å². The Morgan fingerprint density at radius 3 is 2.46 bits per heavy atom. The van der Waals surface area contributed by atoms with E-state index < -0.39 is 51.0 Å². The van der Waals surface area contributed by atoms with Crippen molar-refractivity contribution in [1.82, 2.24) is 19.6 Å². The van der Waals surface area contributed by atoms with Gasteiger partial charge in [0.1, 0.15) is 23.2 Å². The number of allylic oxidation sites excluding steroid dienone is 2. The van der Waals surface area contributed by atoms with E-state index in [1.165, 1.54) is 17.0 Å². The van der Waals surface area contributed by atoms with E-state index in [1.807, 2.05) is 12.2 Å². The lowest BCUT2D eigenvalue weighted by molar-refractivity contribution is -0.137. The van der Waals surface area contributed by atoms with Gasteiger partial charge in [0.15, 0.2) is 5.82 Å². The van der Waals surface area contributed by atoms with Crippen LogP contribution in [0.3, 0.4) is 0 Å². The predicted molar refractivity (Wildman–Crippen MR) is 192 cm³/mol. The molecule has 3 heterocycles. The van der Waals surface area contributed by atoms with Gasteiger partial charge in [-0.15, -0.1) is 0 Å². The van der Waals surface area contributed by atoms with E-state index in [0.29, 0.717) is 47.7 Å². The Morgan fingerprint density at radius 2 is 1.74 bits per heavy atom. The van der Waals surface area contributed by atoms with Gasteiger partial charge in [0.25, 0.3) is 5.88 Å². The van der Waals surface area contributed by atoms with Crippen LogP contribution in [0.2, 0.25) is 0 Å². The molecule has 4 aromatic rings. The number of benzene rings is 2. The molecule has 1 unspecified atom stereocenters. The van der Waals surface area contributed by atoms with E-state index in [4.69, 9.17) is 14.9 Å². The minimum absolute atomic E-state index is 0.0321. The minimum Gasteiger partial charge on any atom is -0.470 e. The number of nitrogens with two attached hydrogens (primary N) is 1. The maximum Gasteiger partial charge on any atom is 0.416 e. The number of nitrogens with zero attached hydrogens (tertiary/aromatic N) is 3. The third kappa shape index (κ3) is 8.37. The minimum atomic E-state index is -4.51. The first-order chi connectivity index (χ1) is 25.8. The van der Waals surface area contributed by atoms with Gasteiger partial charge in [-0.1, -0.05) is 49.3 Å². The average molecular weight is 768 g/mol. The van der Waals surface area contributed by atoms with Gasteiger partial charge < -0.3 is 19.8 Å². The van der Waals surface area contributed by atoms with Crippen molar-refractivity contribution in [3.63, 3.8) is 0 Å². The summed E-state index contributed by atoms with van der Waals surface area (Å²) in [6, 6.07) is 10.7. The largest absolute Gasteiger partial charge is 0.470 e. The van der Waals surface area contributed by atoms with Crippen LogP contribution in [0.4, 0.5) is 13.2 Å². The molecule has 0 spiro atoms. The van der Waals surface area contributed by atoms with Crippen LogP contribution in [-0.2, 0) is 30.6 Å². The van der Waals surface area contributed by atoms with Crippen LogP contribution in [0.5, 0.6) is 5.88 Å². The zero-order valence-corrected chi connectivity index (χ0v) is 30.1. The molecule has 16 heteroatoms. The van der Waals surface area contributed by atoms with Gasteiger partial charge in [-0.2, -0.15) is 18.2 Å². The number of hydrogen-bond acceptors (Lipinski definition) is 9. The van der Waals surface area contributed by atoms with Gasteiger partial charge in [0, 0.05) is 29.7 Å². The molecule has 54 heavy (non-hydrogen) atoms. The number of halogens is 3. The third-order valence-corrected chi connectivity index (χ3v) is 12.0. The van der Waals surface area contributed by atoms with E-state index in [-0.39, 0.29) is 54.4 Å². The second-order valence-electron chi connectivity index (χ2n) is 14.2. The van der Waals surface area contributed by atoms with Crippen LogP contribution < -0.4 is 15.2 Å². The monoisotopic (exact) mass is 767 g/mol. The number of likely N-dealkylation sites (tertiary alicyclic amines) is 1. The van der Waals surface area contributed by atoms with Gasteiger partial charge in [0.05, 0.1) is 17.4 Å². The number of ether oxygens (including phenoxy) is 1. The average Bonchev–Trinajstić information content (AvgIpc) is 4.06. The van der Waals surface area contributed by atoms with Crippen LogP contribution in [0.25, 0.3) is 33.5 Å². The van der Waals surface area contributed by atoms with Crippen LogP contribution >= 0.6 is 0 Å². The van der Waals surface area contributed by atoms with Crippen molar-refractivity contribution in [1.29, 1.82) is 0 Å². The summed E-state index contributed by atoms with van der Waals surface area (Å²) < 4.78 is 78.2. The van der Waals surface area contributed by atoms with Crippen molar-refractivity contribution in [2.24, 2.45) is 17.6 Å². The van der Waals surface area contributed by atoms with Crippen molar-refractivity contribution in [3.8, 4) is 17.3 Å². The SMILES string of the molecule is NC(=O)[C@@H]1C[C@@H](Oc2nc(-c3ccc(C(F)(F)F)cc3)nc3c2oc2ccccc23)CN1C(=O)CCCCCC/C=C\C1C[C@@H]1C(=O)NS(=O)(=O)C1CC1. The number of unbranched alkanes of at least 4 members (excludes halogenated alkanes) is 4. The molecule has 286 valence electrons. The van der Waals surface area contributed by atoms with E-state index in [2.05, 4.69) is 14.7 Å². The summed E-state index contributed by atoms with van der Waals surface area (Å²) in [5, 5.41) is 0.227. The highest BCUT2D eigenvalue weighted by Gasteiger charge is 2.45. The molecule has 3 N–H and O–H groups in total. The Kier molecular flexibility index (Phi) is 10.4. The second kappa shape index (κ2) is 15.0. The highest BCUT2D eigenvalue weighted by Crippen LogP contribution is 2.41. The number of amides is 3. The smallest absolute Gasteiger partial charge is 0.416 e. The van der Waals surface area contributed by atoms with Crippen LogP contribution in [-0.4, -0.2) is 64.9 Å². The lowest BCUT2D eigenvalue weighted by Gasteiger charge is -2.21. The molecule has 2 aromatic carbocycles. The van der Waals surface area contributed by atoms with Crippen LogP contribution in [0, 0.1) is 11.8 Å². The number of primary amides is 1. The molecular formula is C38H40F3N5O7S. The number of carbonyl (C=O) groups excluding carboxylic acids is 3. The number of nitrogens with one attached hydrogen (secondary N) is 1. The maximum atomic E-state index is 13.3. The molecule has 4 atom stereocenters. The first kappa shape index (κ1) is 37.3. The van der Waals surface area contributed by atoms with Gasteiger partial charge in [0.2, 0.25) is 33.3 Å². The predicted octanol–water partition coefficient (Wildman–Crippen LogP) is 6.04. The molecule has 2 saturated carbocycles. The number of aromatic nitrogens is 2. The Labute approximate surface area is 309 Å². The molecule has 3 fully saturated rings. The maximum absolute atomic E-state index is 13.3. The van der Waals surface area contributed by atoms with Crippen molar-refractivity contribution in [2.75, 3.05) is 6.54 Å². The number of furan rings is 1. The third-order valence-electron chi connectivity index (χ3n) is 10.1. The second-order valence-corrected chi connectivity index (χ2v) is 16.2. The first-order valence-corrected chi connectivity index (χ1v) is 19.7. The molecule has 2 aromatic heterocycles. The zero-order valence-electron chi connectivity index (χ0n) is 29.3. The fourth-order valence-corrected chi connectivity index (χ4v) is 8.24. The molecule has 2 aliphatic carbocycles. The van der Waals surface area contributed by atoms with Gasteiger partial charge >= 0.3 is 6.18 Å².